The lowest BCUT2D eigenvalue weighted by Crippen LogP contribution is -2.25. The Morgan fingerprint density at radius 2 is 2.09 bits per heavy atom. The van der Waals surface area contributed by atoms with Crippen LogP contribution in [0.1, 0.15) is 11.9 Å². The van der Waals surface area contributed by atoms with Crippen LogP contribution in [0, 0.1) is 0 Å². The van der Waals surface area contributed by atoms with Gasteiger partial charge >= 0.3 is 5.76 Å². The Morgan fingerprint density at radius 1 is 1.30 bits per heavy atom. The van der Waals surface area contributed by atoms with E-state index < -0.39 is 11.7 Å². The third-order valence-corrected chi connectivity index (χ3v) is 3.92. The van der Waals surface area contributed by atoms with E-state index in [0.29, 0.717) is 10.7 Å². The average molecular weight is 331 g/mol. The van der Waals surface area contributed by atoms with Gasteiger partial charge in [0.2, 0.25) is 16.9 Å². The van der Waals surface area contributed by atoms with Crippen LogP contribution < -0.4 is 11.1 Å². The first kappa shape index (κ1) is 15.1. The molecule has 3 aromatic rings. The molecule has 0 radical (unpaired) electrons. The second kappa shape index (κ2) is 6.53. The Bertz CT molecular complexity index is 868. The van der Waals surface area contributed by atoms with Crippen LogP contribution in [-0.2, 0) is 17.8 Å². The van der Waals surface area contributed by atoms with E-state index in [4.69, 9.17) is 4.42 Å². The zero-order valence-electron chi connectivity index (χ0n) is 12.2. The van der Waals surface area contributed by atoms with Gasteiger partial charge in [-0.1, -0.05) is 36.5 Å². The number of rotatable bonds is 5. The van der Waals surface area contributed by atoms with Crippen molar-refractivity contribution >= 4 is 22.4 Å². The molecule has 0 bridgehead atoms. The van der Waals surface area contributed by atoms with Crippen LogP contribution in [0.25, 0.3) is 11.5 Å². The number of benzene rings is 1. The third kappa shape index (κ3) is 3.51. The van der Waals surface area contributed by atoms with E-state index in [-0.39, 0.29) is 12.4 Å². The molecule has 0 aliphatic carbocycles. The molecule has 9 heteroatoms. The van der Waals surface area contributed by atoms with Gasteiger partial charge in [-0.25, -0.2) is 4.79 Å². The number of aryl methyl sites for hydroxylation is 1. The molecule has 23 heavy (non-hydrogen) atoms. The minimum atomic E-state index is -0.689. The second-order valence-corrected chi connectivity index (χ2v) is 5.66. The van der Waals surface area contributed by atoms with Gasteiger partial charge in [0.05, 0.1) is 0 Å². The number of carbonyl (C=O) groups excluding carboxylic acids is 1. The molecule has 0 atom stereocenters. The Labute approximate surface area is 134 Å². The van der Waals surface area contributed by atoms with Gasteiger partial charge < -0.3 is 4.42 Å². The Balaban J connectivity index is 1.71. The fraction of sp³-hybridized carbons (Fsp3) is 0.214. The standard InChI is InChI=1S/C14H13N5O3S/c1-2-11-16-17-13(23-11)15-10(20)8-19-14(21)22-12(18-19)9-6-4-3-5-7-9/h3-7H,2,8H2,1H3,(H,15,17,20). The van der Waals surface area contributed by atoms with Crippen molar-refractivity contribution in [1.82, 2.24) is 20.0 Å². The van der Waals surface area contributed by atoms with E-state index in [1.165, 1.54) is 11.3 Å². The summed E-state index contributed by atoms with van der Waals surface area (Å²) in [6.45, 7) is 1.70. The summed E-state index contributed by atoms with van der Waals surface area (Å²) in [6.07, 6.45) is 0.747. The van der Waals surface area contributed by atoms with Crippen LogP contribution in [0.5, 0.6) is 0 Å². The first-order chi connectivity index (χ1) is 11.2. The summed E-state index contributed by atoms with van der Waals surface area (Å²) < 4.78 is 6.04. The van der Waals surface area contributed by atoms with Crippen LogP contribution in [-0.4, -0.2) is 25.9 Å². The molecule has 0 saturated heterocycles. The van der Waals surface area contributed by atoms with Crippen molar-refractivity contribution in [3.8, 4) is 11.5 Å². The predicted molar refractivity (Wildman–Crippen MR) is 84.1 cm³/mol. The molecule has 0 spiro atoms. The number of hydrogen-bond acceptors (Lipinski definition) is 7. The summed E-state index contributed by atoms with van der Waals surface area (Å²) in [6, 6.07) is 8.99. The van der Waals surface area contributed by atoms with Crippen molar-refractivity contribution in [2.75, 3.05) is 5.32 Å². The molecule has 0 fully saturated rings. The molecule has 3 rings (SSSR count). The number of aromatic nitrogens is 4. The Morgan fingerprint density at radius 3 is 2.78 bits per heavy atom. The molecule has 2 aromatic heterocycles. The molecule has 118 valence electrons. The van der Waals surface area contributed by atoms with Crippen LogP contribution in [0.3, 0.4) is 0 Å². The van der Waals surface area contributed by atoms with Crippen LogP contribution in [0.2, 0.25) is 0 Å². The molecule has 0 aliphatic rings. The molecule has 1 aromatic carbocycles. The van der Waals surface area contributed by atoms with Crippen molar-refractivity contribution in [2.45, 2.75) is 19.9 Å². The number of carbonyl (C=O) groups is 1. The van der Waals surface area contributed by atoms with Crippen LogP contribution in [0.4, 0.5) is 5.13 Å². The van der Waals surface area contributed by atoms with Gasteiger partial charge in [-0.2, -0.15) is 4.68 Å². The number of nitrogens with one attached hydrogen (secondary N) is 1. The second-order valence-electron chi connectivity index (χ2n) is 4.60. The lowest BCUT2D eigenvalue weighted by atomic mass is 10.2. The van der Waals surface area contributed by atoms with Gasteiger partial charge in [0.1, 0.15) is 11.6 Å². The maximum absolute atomic E-state index is 12.0. The van der Waals surface area contributed by atoms with E-state index in [0.717, 1.165) is 16.1 Å². The average Bonchev–Trinajstić information content (AvgIpc) is 3.15. The lowest BCUT2D eigenvalue weighted by Gasteiger charge is -1.99. The van der Waals surface area contributed by atoms with Crippen molar-refractivity contribution in [1.29, 1.82) is 0 Å². The zero-order chi connectivity index (χ0) is 16.2. The zero-order valence-corrected chi connectivity index (χ0v) is 13.0. The SMILES string of the molecule is CCc1nnc(NC(=O)Cn2nc(-c3ccccc3)oc2=O)s1. The molecule has 0 saturated carbocycles. The predicted octanol–water partition coefficient (Wildman–Crippen LogP) is 1.56. The van der Waals surface area contributed by atoms with E-state index in [2.05, 4.69) is 20.6 Å². The summed E-state index contributed by atoms with van der Waals surface area (Å²) in [5, 5.41) is 15.6. The highest BCUT2D eigenvalue weighted by atomic mass is 32.1. The van der Waals surface area contributed by atoms with Crippen molar-refractivity contribution in [3.63, 3.8) is 0 Å². The highest BCUT2D eigenvalue weighted by molar-refractivity contribution is 7.15. The minimum Gasteiger partial charge on any atom is -0.388 e. The maximum atomic E-state index is 12.0. The van der Waals surface area contributed by atoms with Gasteiger partial charge in [0, 0.05) is 5.56 Å². The summed E-state index contributed by atoms with van der Waals surface area (Å²) in [5.41, 5.74) is 0.667. The Kier molecular flexibility index (Phi) is 4.29. The lowest BCUT2D eigenvalue weighted by molar-refractivity contribution is -0.117. The molecule has 1 amide bonds. The van der Waals surface area contributed by atoms with Gasteiger partial charge in [0.25, 0.3) is 0 Å². The number of nitrogens with zero attached hydrogens (tertiary/aromatic N) is 4. The normalized spacial score (nSPS) is 10.7. The van der Waals surface area contributed by atoms with Gasteiger partial charge in [-0.3, -0.25) is 10.1 Å². The molecule has 8 nitrogen and oxygen atoms in total. The quantitative estimate of drug-likeness (QED) is 0.761. The first-order valence-corrected chi connectivity index (χ1v) is 7.73. The molecular weight excluding hydrogens is 318 g/mol. The van der Waals surface area contributed by atoms with E-state index in [1.807, 2.05) is 25.1 Å². The Hall–Kier alpha value is -2.81. The number of amides is 1. The van der Waals surface area contributed by atoms with E-state index in [1.54, 1.807) is 12.1 Å². The van der Waals surface area contributed by atoms with Crippen LogP contribution >= 0.6 is 11.3 Å². The summed E-state index contributed by atoms with van der Waals surface area (Å²) in [5.74, 6) is -0.933. The monoisotopic (exact) mass is 331 g/mol. The fourth-order valence-corrected chi connectivity index (χ4v) is 2.54. The highest BCUT2D eigenvalue weighted by Gasteiger charge is 2.14. The summed E-state index contributed by atoms with van der Waals surface area (Å²) in [4.78, 5) is 23.7. The minimum absolute atomic E-state index is 0.174. The smallest absolute Gasteiger partial charge is 0.388 e. The molecular formula is C14H13N5O3S. The van der Waals surface area contributed by atoms with Crippen molar-refractivity contribution in [3.05, 3.63) is 45.9 Å². The fourth-order valence-electron chi connectivity index (χ4n) is 1.85. The largest absolute Gasteiger partial charge is 0.437 e. The summed E-state index contributed by atoms with van der Waals surface area (Å²) >= 11 is 1.29. The molecule has 0 unspecified atom stereocenters. The van der Waals surface area contributed by atoms with Gasteiger partial charge in [-0.05, 0) is 18.6 Å². The number of hydrogen-bond donors (Lipinski definition) is 1. The molecule has 2 heterocycles. The van der Waals surface area contributed by atoms with Gasteiger partial charge in [-0.15, -0.1) is 15.3 Å². The maximum Gasteiger partial charge on any atom is 0.437 e. The first-order valence-electron chi connectivity index (χ1n) is 6.91. The topological polar surface area (TPSA) is 103 Å². The van der Waals surface area contributed by atoms with Crippen molar-refractivity contribution in [2.24, 2.45) is 0 Å². The molecule has 0 aliphatic heterocycles. The summed E-state index contributed by atoms with van der Waals surface area (Å²) in [7, 11) is 0. The van der Waals surface area contributed by atoms with E-state index in [9.17, 15) is 9.59 Å². The van der Waals surface area contributed by atoms with Crippen LogP contribution in [0.15, 0.2) is 39.5 Å². The highest BCUT2D eigenvalue weighted by Crippen LogP contribution is 2.16. The van der Waals surface area contributed by atoms with Crippen molar-refractivity contribution < 1.29 is 9.21 Å². The number of anilines is 1. The third-order valence-electron chi connectivity index (χ3n) is 2.94. The van der Waals surface area contributed by atoms with Gasteiger partial charge in [0.15, 0.2) is 0 Å². The molecule has 1 N–H and O–H groups in total. The van der Waals surface area contributed by atoms with E-state index >= 15 is 0 Å².